The van der Waals surface area contributed by atoms with Gasteiger partial charge in [-0.3, -0.25) is 0 Å². The van der Waals surface area contributed by atoms with E-state index in [4.69, 9.17) is 9.26 Å². The first-order valence-corrected chi connectivity index (χ1v) is 16.5. The van der Waals surface area contributed by atoms with E-state index in [1.54, 1.807) is 0 Å². The van der Waals surface area contributed by atoms with Gasteiger partial charge in [-0.25, -0.2) is 0 Å². The molecule has 2 aromatic carbocycles. The van der Waals surface area contributed by atoms with Gasteiger partial charge >= 0.3 is 0 Å². The largest absolute Gasteiger partial charge is 0.492 e. The molecule has 212 valence electrons. The molecule has 0 radical (unpaired) electrons. The summed E-state index contributed by atoms with van der Waals surface area (Å²) in [5, 5.41) is 2.65. The number of ether oxygens (including phenoxy) is 1. The summed E-state index contributed by atoms with van der Waals surface area (Å²) < 4.78 is 13.9. The number of fused-ring (bicyclic) bond motifs is 2. The van der Waals surface area contributed by atoms with Crippen molar-refractivity contribution in [1.82, 2.24) is 0 Å². The monoisotopic (exact) mass is 572 g/mol. The van der Waals surface area contributed by atoms with E-state index in [-0.39, 0.29) is 21.7 Å². The average molecular weight is 573 g/mol. The third-order valence-electron chi connectivity index (χ3n) is 9.20. The van der Waals surface area contributed by atoms with Crippen molar-refractivity contribution in [2.24, 2.45) is 21.7 Å². The van der Waals surface area contributed by atoms with E-state index in [1.165, 1.54) is 44.0 Å². The van der Waals surface area contributed by atoms with E-state index in [1.807, 2.05) is 0 Å². The molecule has 0 N–H and O–H groups in total. The summed E-state index contributed by atoms with van der Waals surface area (Å²) in [6, 6.07) is 21.7. The molecule has 40 heavy (non-hydrogen) atoms. The zero-order valence-corrected chi connectivity index (χ0v) is 28.1. The van der Waals surface area contributed by atoms with Gasteiger partial charge < -0.3 is 9.26 Å². The Bertz CT molecular complexity index is 1450. The van der Waals surface area contributed by atoms with Gasteiger partial charge in [-0.1, -0.05) is 109 Å². The summed E-state index contributed by atoms with van der Waals surface area (Å²) in [6.07, 6.45) is 1.00. The van der Waals surface area contributed by atoms with E-state index >= 15 is 0 Å². The van der Waals surface area contributed by atoms with Crippen LogP contribution in [0.25, 0.3) is 11.1 Å². The molecule has 4 heteroatoms. The Balaban J connectivity index is 1.69. The second-order valence-corrected chi connectivity index (χ2v) is 16.5. The molecule has 0 saturated carbocycles. The maximum atomic E-state index is 7.09. The molecule has 4 atom stereocenters. The first kappa shape index (κ1) is 29.4. The summed E-state index contributed by atoms with van der Waals surface area (Å²) in [4.78, 5) is 0. The van der Waals surface area contributed by atoms with Crippen LogP contribution in [0.2, 0.25) is 0 Å². The lowest BCUT2D eigenvalue weighted by Crippen LogP contribution is -2.28. The standard InChI is InChI=1S/C36H46O2P2/c1-23-29(37-21-35(23,9)28(32(39)34(6,7)8)26-19-15-12-16-20-26)30-24(2)36(10)22-40(30)38-31(33(3,4)5)27(36)25-17-13-11-14-18-25/h11-20H,21-22,39H2,1-10H3/b32-28-. The molecule has 0 amide bonds. The van der Waals surface area contributed by atoms with Crippen molar-refractivity contribution < 1.29 is 9.26 Å². The fourth-order valence-corrected chi connectivity index (χ4v) is 9.91. The minimum atomic E-state index is -0.840. The highest BCUT2D eigenvalue weighted by atomic mass is 31.1. The Kier molecular flexibility index (Phi) is 7.34. The highest BCUT2D eigenvalue weighted by Crippen LogP contribution is 2.73. The van der Waals surface area contributed by atoms with E-state index < -0.39 is 8.15 Å². The molecule has 5 rings (SSSR count). The molecule has 0 spiro atoms. The molecule has 0 aromatic heterocycles. The SMILES string of the molecule is CC1=C(C2=C(C)C(C)(/C(=C(\P)C(C)(C)C)c3ccccc3)CO2)P2CC1(C)C(c1ccccc1)=C(C(C)(C)C)O2. The Morgan fingerprint density at radius 1 is 0.850 bits per heavy atom. The fraction of sp³-hybridized carbons (Fsp3) is 0.444. The first-order valence-electron chi connectivity index (χ1n) is 14.5. The fourth-order valence-electron chi connectivity index (χ4n) is 6.47. The molecule has 4 unspecified atom stereocenters. The lowest BCUT2D eigenvalue weighted by Gasteiger charge is -2.40. The molecule has 0 aliphatic carbocycles. The lowest BCUT2D eigenvalue weighted by molar-refractivity contribution is 0.208. The highest BCUT2D eigenvalue weighted by molar-refractivity contribution is 7.58. The van der Waals surface area contributed by atoms with Crippen molar-refractivity contribution in [3.05, 3.63) is 105 Å². The van der Waals surface area contributed by atoms with Gasteiger partial charge in [-0.2, -0.15) is 0 Å². The number of hydrogen-bond acceptors (Lipinski definition) is 2. The smallest absolute Gasteiger partial charge is 0.130 e. The molecule has 0 fully saturated rings. The Morgan fingerprint density at radius 3 is 1.98 bits per heavy atom. The molecule has 0 saturated heterocycles. The summed E-state index contributed by atoms with van der Waals surface area (Å²) in [5.41, 5.74) is 7.53. The quantitative estimate of drug-likeness (QED) is 0.339. The van der Waals surface area contributed by atoms with Crippen LogP contribution in [-0.4, -0.2) is 12.8 Å². The maximum Gasteiger partial charge on any atom is 0.130 e. The van der Waals surface area contributed by atoms with Crippen molar-refractivity contribution in [1.29, 1.82) is 0 Å². The summed E-state index contributed by atoms with van der Waals surface area (Å²) in [6.45, 7) is 23.8. The van der Waals surface area contributed by atoms with Crippen LogP contribution in [0.4, 0.5) is 0 Å². The molecular formula is C36H46O2P2. The van der Waals surface area contributed by atoms with Crippen molar-refractivity contribution in [2.45, 2.75) is 69.2 Å². The van der Waals surface area contributed by atoms with E-state index in [0.29, 0.717) is 6.61 Å². The molecule has 3 heterocycles. The van der Waals surface area contributed by atoms with Crippen LogP contribution in [-0.2, 0) is 9.26 Å². The normalized spacial score (nSPS) is 27.6. The summed E-state index contributed by atoms with van der Waals surface area (Å²) in [7, 11) is 2.25. The third kappa shape index (κ3) is 4.64. The Labute approximate surface area is 246 Å². The van der Waals surface area contributed by atoms with Crippen LogP contribution in [0.3, 0.4) is 0 Å². The minimum Gasteiger partial charge on any atom is -0.492 e. The van der Waals surface area contributed by atoms with Gasteiger partial charge in [0.2, 0.25) is 0 Å². The van der Waals surface area contributed by atoms with E-state index in [2.05, 4.69) is 139 Å². The zero-order chi connectivity index (χ0) is 29.3. The number of benzene rings is 2. The molecule has 3 aliphatic rings. The first-order chi connectivity index (χ1) is 18.6. The second-order valence-electron chi connectivity index (χ2n) is 14.2. The average Bonchev–Trinajstić information content (AvgIpc) is 3.28. The Hall–Kier alpha value is -2.14. The van der Waals surface area contributed by atoms with Crippen LogP contribution in [0.15, 0.2) is 94.0 Å². The summed E-state index contributed by atoms with van der Waals surface area (Å²) in [5.74, 6) is 2.20. The molecule has 3 aliphatic heterocycles. The van der Waals surface area contributed by atoms with Crippen LogP contribution in [0, 0.1) is 21.7 Å². The van der Waals surface area contributed by atoms with E-state index in [0.717, 1.165) is 17.7 Å². The number of rotatable bonds is 4. The van der Waals surface area contributed by atoms with Crippen molar-refractivity contribution in [3.8, 4) is 0 Å². The van der Waals surface area contributed by atoms with Gasteiger partial charge in [0.25, 0.3) is 0 Å². The van der Waals surface area contributed by atoms with Gasteiger partial charge in [0, 0.05) is 22.6 Å². The lowest BCUT2D eigenvalue weighted by atomic mass is 9.70. The minimum absolute atomic E-state index is 0.0117. The van der Waals surface area contributed by atoms with E-state index in [9.17, 15) is 0 Å². The van der Waals surface area contributed by atoms with Crippen LogP contribution in [0.1, 0.15) is 80.4 Å². The third-order valence-corrected chi connectivity index (χ3v) is 12.7. The predicted octanol–water partition coefficient (Wildman–Crippen LogP) is 10.8. The number of allylic oxidation sites excluding steroid dienone is 5. The highest BCUT2D eigenvalue weighted by Gasteiger charge is 2.55. The van der Waals surface area contributed by atoms with Crippen LogP contribution in [0.5, 0.6) is 0 Å². The molecule has 2 aromatic rings. The van der Waals surface area contributed by atoms with Crippen molar-refractivity contribution in [3.63, 3.8) is 0 Å². The Morgan fingerprint density at radius 2 is 1.43 bits per heavy atom. The number of hydrogen-bond donors (Lipinski definition) is 0. The van der Waals surface area contributed by atoms with Crippen molar-refractivity contribution >= 4 is 28.5 Å². The van der Waals surface area contributed by atoms with Gasteiger partial charge in [0.05, 0.1) is 10.7 Å². The molecule has 2 bridgehead atoms. The molecular weight excluding hydrogens is 526 g/mol. The van der Waals surface area contributed by atoms with Crippen molar-refractivity contribution in [2.75, 3.05) is 12.8 Å². The predicted molar refractivity (Wildman–Crippen MR) is 176 cm³/mol. The summed E-state index contributed by atoms with van der Waals surface area (Å²) >= 11 is 0. The second kappa shape index (κ2) is 10.00. The molecule has 2 nitrogen and oxygen atoms in total. The van der Waals surface area contributed by atoms with Gasteiger partial charge in [-0.05, 0) is 59.3 Å². The van der Waals surface area contributed by atoms with Crippen LogP contribution >= 0.6 is 17.4 Å². The van der Waals surface area contributed by atoms with Gasteiger partial charge in [0.15, 0.2) is 0 Å². The van der Waals surface area contributed by atoms with Crippen LogP contribution < -0.4 is 0 Å². The maximum absolute atomic E-state index is 7.09. The van der Waals surface area contributed by atoms with Gasteiger partial charge in [-0.15, -0.1) is 9.24 Å². The zero-order valence-electron chi connectivity index (χ0n) is 26.0. The van der Waals surface area contributed by atoms with Gasteiger partial charge in [0.1, 0.15) is 26.3 Å². The topological polar surface area (TPSA) is 18.5 Å².